The fraction of sp³-hybridized carbons (Fsp3) is 0.357. The maximum Gasteiger partial charge on any atom is 0.319 e. The molecule has 0 unspecified atom stereocenters. The Labute approximate surface area is 121 Å². The maximum atomic E-state index is 11.6. The molecule has 1 aliphatic carbocycles. The molecule has 21 heavy (non-hydrogen) atoms. The van der Waals surface area contributed by atoms with Crippen molar-refractivity contribution in [1.82, 2.24) is 15.6 Å². The van der Waals surface area contributed by atoms with E-state index in [4.69, 9.17) is 4.42 Å². The van der Waals surface area contributed by atoms with Crippen molar-refractivity contribution in [3.8, 4) is 0 Å². The van der Waals surface area contributed by atoms with Crippen LogP contribution in [0.3, 0.4) is 0 Å². The van der Waals surface area contributed by atoms with Crippen molar-refractivity contribution in [2.45, 2.75) is 18.8 Å². The number of carbonyl (C=O) groups excluding carboxylic acids is 2. The van der Waals surface area contributed by atoms with Crippen LogP contribution in [0.1, 0.15) is 24.7 Å². The summed E-state index contributed by atoms with van der Waals surface area (Å²) in [6, 6.07) is 4.83. The van der Waals surface area contributed by atoms with Crippen LogP contribution in [0.4, 0.5) is 10.5 Å². The van der Waals surface area contributed by atoms with Gasteiger partial charge in [0.15, 0.2) is 11.5 Å². The van der Waals surface area contributed by atoms with E-state index < -0.39 is 6.03 Å². The lowest BCUT2D eigenvalue weighted by atomic mass is 10.3. The van der Waals surface area contributed by atoms with Gasteiger partial charge in [0.1, 0.15) is 5.52 Å². The number of oxazole rings is 1. The molecule has 1 aromatic heterocycles. The third kappa shape index (κ3) is 3.13. The zero-order chi connectivity index (χ0) is 14.8. The summed E-state index contributed by atoms with van der Waals surface area (Å²) >= 11 is 0. The van der Waals surface area contributed by atoms with Gasteiger partial charge >= 0.3 is 6.03 Å². The summed E-state index contributed by atoms with van der Waals surface area (Å²) in [7, 11) is 1.51. The molecule has 3 N–H and O–H groups in total. The molecule has 0 radical (unpaired) electrons. The molecule has 0 saturated heterocycles. The normalized spacial score (nSPS) is 14.0. The number of amides is 3. The molecule has 0 spiro atoms. The van der Waals surface area contributed by atoms with Crippen molar-refractivity contribution < 1.29 is 14.0 Å². The van der Waals surface area contributed by atoms with Gasteiger partial charge in [-0.3, -0.25) is 4.79 Å². The molecule has 0 bridgehead atoms. The van der Waals surface area contributed by atoms with Gasteiger partial charge in [-0.05, 0) is 31.0 Å². The van der Waals surface area contributed by atoms with Gasteiger partial charge in [0.25, 0.3) is 0 Å². The van der Waals surface area contributed by atoms with E-state index in [-0.39, 0.29) is 12.5 Å². The van der Waals surface area contributed by atoms with Crippen LogP contribution in [-0.4, -0.2) is 30.5 Å². The highest BCUT2D eigenvalue weighted by atomic mass is 16.3. The van der Waals surface area contributed by atoms with E-state index >= 15 is 0 Å². The number of hydrogen-bond acceptors (Lipinski definition) is 4. The Bertz CT molecular complexity index is 691. The van der Waals surface area contributed by atoms with Gasteiger partial charge in [-0.15, -0.1) is 0 Å². The molecular weight excluding hydrogens is 272 g/mol. The maximum absolute atomic E-state index is 11.6. The minimum atomic E-state index is -0.441. The fourth-order valence-corrected chi connectivity index (χ4v) is 1.95. The first kappa shape index (κ1) is 13.4. The number of fused-ring (bicyclic) bond motifs is 1. The number of nitrogens with zero attached hydrogens (tertiary/aromatic N) is 1. The minimum absolute atomic E-state index is 0.0691. The smallest absolute Gasteiger partial charge is 0.319 e. The van der Waals surface area contributed by atoms with Gasteiger partial charge in [-0.1, -0.05) is 0 Å². The molecule has 1 aromatic carbocycles. The standard InChI is InChI=1S/C14H16N4O3/c1-15-12(19)7-16-14(20)17-9-4-5-11-10(6-9)18-13(21-11)8-2-3-8/h4-6,8H,2-3,7H2,1H3,(H,15,19)(H2,16,17,20). The van der Waals surface area contributed by atoms with Crippen LogP contribution in [0.25, 0.3) is 11.1 Å². The van der Waals surface area contributed by atoms with Gasteiger partial charge in [0, 0.05) is 18.7 Å². The van der Waals surface area contributed by atoms with Crippen LogP contribution in [-0.2, 0) is 4.79 Å². The molecule has 3 amide bonds. The second-order valence-corrected chi connectivity index (χ2v) is 4.99. The van der Waals surface area contributed by atoms with Gasteiger partial charge in [-0.2, -0.15) is 0 Å². The second kappa shape index (κ2) is 5.43. The average molecular weight is 288 g/mol. The van der Waals surface area contributed by atoms with Crippen molar-refractivity contribution in [2.75, 3.05) is 18.9 Å². The predicted octanol–water partition coefficient (Wildman–Crippen LogP) is 1.57. The summed E-state index contributed by atoms with van der Waals surface area (Å²) in [5, 5.41) is 7.54. The average Bonchev–Trinajstić information content (AvgIpc) is 3.24. The van der Waals surface area contributed by atoms with Crippen LogP contribution in [0.2, 0.25) is 0 Å². The highest BCUT2D eigenvalue weighted by molar-refractivity contribution is 5.93. The van der Waals surface area contributed by atoms with Crippen LogP contribution < -0.4 is 16.0 Å². The minimum Gasteiger partial charge on any atom is -0.440 e. The molecule has 3 rings (SSSR count). The number of rotatable bonds is 4. The van der Waals surface area contributed by atoms with E-state index in [2.05, 4.69) is 20.9 Å². The number of hydrogen-bond donors (Lipinski definition) is 3. The molecule has 1 heterocycles. The quantitative estimate of drug-likeness (QED) is 0.795. The Morgan fingerprint density at radius 1 is 1.38 bits per heavy atom. The van der Waals surface area contributed by atoms with E-state index in [1.807, 2.05) is 0 Å². The molecule has 110 valence electrons. The predicted molar refractivity (Wildman–Crippen MR) is 77.1 cm³/mol. The zero-order valence-electron chi connectivity index (χ0n) is 11.6. The van der Waals surface area contributed by atoms with E-state index in [0.717, 1.165) is 24.2 Å². The van der Waals surface area contributed by atoms with Crippen LogP contribution in [0.5, 0.6) is 0 Å². The van der Waals surface area contributed by atoms with Crippen LogP contribution in [0.15, 0.2) is 22.6 Å². The third-order valence-corrected chi connectivity index (χ3v) is 3.28. The molecule has 7 nitrogen and oxygen atoms in total. The van der Waals surface area contributed by atoms with Crippen molar-refractivity contribution in [3.05, 3.63) is 24.1 Å². The van der Waals surface area contributed by atoms with E-state index in [1.54, 1.807) is 18.2 Å². The lowest BCUT2D eigenvalue weighted by Gasteiger charge is -2.06. The van der Waals surface area contributed by atoms with Crippen molar-refractivity contribution in [3.63, 3.8) is 0 Å². The van der Waals surface area contributed by atoms with E-state index in [9.17, 15) is 9.59 Å². The first-order chi connectivity index (χ1) is 10.2. The van der Waals surface area contributed by atoms with E-state index in [1.165, 1.54) is 7.05 Å². The summed E-state index contributed by atoms with van der Waals surface area (Å²) < 4.78 is 5.65. The van der Waals surface area contributed by atoms with Crippen LogP contribution >= 0.6 is 0 Å². The Morgan fingerprint density at radius 2 is 2.19 bits per heavy atom. The molecule has 0 aliphatic heterocycles. The van der Waals surface area contributed by atoms with Gasteiger partial charge in [-0.25, -0.2) is 9.78 Å². The van der Waals surface area contributed by atoms with Crippen molar-refractivity contribution >= 4 is 28.7 Å². The second-order valence-electron chi connectivity index (χ2n) is 4.99. The Kier molecular flexibility index (Phi) is 3.47. The Balaban J connectivity index is 1.66. The Morgan fingerprint density at radius 3 is 2.90 bits per heavy atom. The topological polar surface area (TPSA) is 96.3 Å². The van der Waals surface area contributed by atoms with Gasteiger partial charge < -0.3 is 20.4 Å². The number of aromatic nitrogens is 1. The molecule has 7 heteroatoms. The van der Waals surface area contributed by atoms with Crippen molar-refractivity contribution in [1.29, 1.82) is 0 Å². The first-order valence-corrected chi connectivity index (χ1v) is 6.81. The number of likely N-dealkylation sites (N-methyl/N-ethyl adjacent to an activating group) is 1. The number of carbonyl (C=O) groups is 2. The van der Waals surface area contributed by atoms with Gasteiger partial charge in [0.2, 0.25) is 5.91 Å². The lowest BCUT2D eigenvalue weighted by Crippen LogP contribution is -2.37. The van der Waals surface area contributed by atoms with Gasteiger partial charge in [0.05, 0.1) is 6.54 Å². The monoisotopic (exact) mass is 288 g/mol. The Hall–Kier alpha value is -2.57. The molecule has 1 fully saturated rings. The molecule has 1 saturated carbocycles. The zero-order valence-corrected chi connectivity index (χ0v) is 11.6. The fourth-order valence-electron chi connectivity index (χ4n) is 1.95. The number of nitrogens with one attached hydrogen (secondary N) is 3. The largest absolute Gasteiger partial charge is 0.440 e. The summed E-state index contributed by atoms with van der Waals surface area (Å²) in [6.45, 7) is -0.0691. The van der Waals surface area contributed by atoms with Crippen LogP contribution in [0, 0.1) is 0 Å². The summed E-state index contributed by atoms with van der Waals surface area (Å²) in [4.78, 5) is 27.1. The highest BCUT2D eigenvalue weighted by Crippen LogP contribution is 2.40. The highest BCUT2D eigenvalue weighted by Gasteiger charge is 2.28. The number of urea groups is 1. The van der Waals surface area contributed by atoms with Crippen molar-refractivity contribution in [2.24, 2.45) is 0 Å². The molecule has 1 aliphatic rings. The summed E-state index contributed by atoms with van der Waals surface area (Å²) in [5.74, 6) is 0.960. The van der Waals surface area contributed by atoms with E-state index in [0.29, 0.717) is 17.2 Å². The SMILES string of the molecule is CNC(=O)CNC(=O)Nc1ccc2oc(C3CC3)nc2c1. The molecule has 0 atom stereocenters. The number of benzene rings is 1. The lowest BCUT2D eigenvalue weighted by molar-refractivity contribution is -0.119. The molecular formula is C14H16N4O3. The first-order valence-electron chi connectivity index (χ1n) is 6.81. The molecule has 2 aromatic rings. The number of anilines is 1. The third-order valence-electron chi connectivity index (χ3n) is 3.28. The summed E-state index contributed by atoms with van der Waals surface area (Å²) in [6.07, 6.45) is 2.25. The summed E-state index contributed by atoms with van der Waals surface area (Å²) in [5.41, 5.74) is 2.04.